The molecule has 0 bridgehead atoms. The van der Waals surface area contributed by atoms with Crippen molar-refractivity contribution in [1.29, 1.82) is 0 Å². The van der Waals surface area contributed by atoms with Gasteiger partial charge in [0.25, 0.3) is 0 Å². The number of hydrogen-bond donors (Lipinski definition) is 0. The number of hydrogen-bond acceptors (Lipinski definition) is 1. The first-order chi connectivity index (χ1) is 0. The van der Waals surface area contributed by atoms with Crippen molar-refractivity contribution in [3.63, 3.8) is 0 Å². The standard InChI is InChI=1S/Co.Li.2H2O/h;;2*1H2/q;+1;;/p-1. The van der Waals surface area contributed by atoms with Gasteiger partial charge in [-0.1, -0.05) is 0 Å². The van der Waals surface area contributed by atoms with Gasteiger partial charge in [-0.15, -0.1) is 0 Å². The van der Waals surface area contributed by atoms with Gasteiger partial charge < -0.3 is 11.0 Å². The Balaban J connectivity index is 0. The Labute approximate surface area is 46.9 Å². The van der Waals surface area contributed by atoms with Crippen molar-refractivity contribution in [1.82, 2.24) is 0 Å². The molecule has 4 heteroatoms. The molecule has 4 heavy (non-hydrogen) atoms. The first-order valence-corrected chi connectivity index (χ1v) is 0. The molecule has 3 N–H and O–H groups in total. The van der Waals surface area contributed by atoms with Gasteiger partial charge in [0.15, 0.2) is 0 Å². The molecule has 0 atom stereocenters. The molecule has 0 rings (SSSR count). The van der Waals surface area contributed by atoms with E-state index < -0.39 is 0 Å². The maximum Gasteiger partial charge on any atom is 1.00 e. The van der Waals surface area contributed by atoms with Gasteiger partial charge in [-0.2, -0.15) is 0 Å². The van der Waals surface area contributed by atoms with Crippen molar-refractivity contribution >= 4 is 0 Å². The van der Waals surface area contributed by atoms with Gasteiger partial charge in [-0.25, -0.2) is 0 Å². The minimum atomic E-state index is 0. The molecule has 0 amide bonds. The van der Waals surface area contributed by atoms with Crippen LogP contribution < -0.4 is 18.9 Å². The third-order valence-electron chi connectivity index (χ3n) is 0. The van der Waals surface area contributed by atoms with E-state index in [0.717, 1.165) is 0 Å². The Morgan fingerprint density at radius 1 is 1.00 bits per heavy atom. The number of rotatable bonds is 0. The summed E-state index contributed by atoms with van der Waals surface area (Å²) < 4.78 is 0. The van der Waals surface area contributed by atoms with Crippen LogP contribution in [-0.4, -0.2) is 11.0 Å². The molecule has 0 aromatic carbocycles. The van der Waals surface area contributed by atoms with Crippen LogP contribution in [0.4, 0.5) is 0 Å². The SMILES string of the molecule is O.[Co].[Li+].[OH-]. The van der Waals surface area contributed by atoms with Crippen molar-refractivity contribution in [2.45, 2.75) is 0 Å². The summed E-state index contributed by atoms with van der Waals surface area (Å²) in [5.41, 5.74) is 0. The molecular weight excluding hydrogens is 97.9 g/mol. The fraction of sp³-hybridized carbons (Fsp3) is 0. The van der Waals surface area contributed by atoms with Crippen molar-refractivity contribution in [3.8, 4) is 0 Å². The zero-order valence-electron chi connectivity index (χ0n) is 2.28. The molecule has 0 spiro atoms. The molecule has 0 saturated carbocycles. The molecule has 0 heterocycles. The summed E-state index contributed by atoms with van der Waals surface area (Å²) in [6.07, 6.45) is 0. The molecule has 0 unspecified atom stereocenters. The Morgan fingerprint density at radius 3 is 1.00 bits per heavy atom. The van der Waals surface area contributed by atoms with Crippen molar-refractivity contribution in [3.05, 3.63) is 0 Å². The van der Waals surface area contributed by atoms with Crippen molar-refractivity contribution < 1.29 is 46.6 Å². The molecule has 0 aromatic rings. The van der Waals surface area contributed by atoms with Crippen LogP contribution in [0.1, 0.15) is 0 Å². The van der Waals surface area contributed by atoms with Gasteiger partial charge in [0, 0.05) is 16.8 Å². The fourth-order valence-corrected chi connectivity index (χ4v) is 0. The van der Waals surface area contributed by atoms with Gasteiger partial charge in [0.2, 0.25) is 0 Å². The van der Waals surface area contributed by atoms with E-state index in [1.165, 1.54) is 0 Å². The fourth-order valence-electron chi connectivity index (χ4n) is 0. The van der Waals surface area contributed by atoms with Gasteiger partial charge in [0.1, 0.15) is 0 Å². The van der Waals surface area contributed by atoms with Crippen LogP contribution in [-0.2, 0) is 16.8 Å². The van der Waals surface area contributed by atoms with Gasteiger partial charge >= 0.3 is 18.9 Å². The molecule has 0 fully saturated rings. The third kappa shape index (κ3) is 11.8. The summed E-state index contributed by atoms with van der Waals surface area (Å²) in [5.74, 6) is 0. The zero-order chi connectivity index (χ0) is 0. The summed E-state index contributed by atoms with van der Waals surface area (Å²) in [6.45, 7) is 0. The molecule has 2 nitrogen and oxygen atoms in total. The van der Waals surface area contributed by atoms with Crippen molar-refractivity contribution in [2.75, 3.05) is 0 Å². The summed E-state index contributed by atoms with van der Waals surface area (Å²) in [7, 11) is 0. The summed E-state index contributed by atoms with van der Waals surface area (Å²) in [4.78, 5) is 0. The van der Waals surface area contributed by atoms with E-state index in [1.54, 1.807) is 0 Å². The Kier molecular flexibility index (Phi) is 681. The quantitative estimate of drug-likeness (QED) is 0.287. The Bertz CT molecular complexity index is 6.00. The molecule has 1 radical (unpaired) electrons. The van der Waals surface area contributed by atoms with E-state index in [9.17, 15) is 0 Å². The van der Waals surface area contributed by atoms with Crippen LogP contribution in [0.25, 0.3) is 0 Å². The van der Waals surface area contributed by atoms with Crippen LogP contribution in [0.3, 0.4) is 0 Å². The topological polar surface area (TPSA) is 61.5 Å². The summed E-state index contributed by atoms with van der Waals surface area (Å²) >= 11 is 0. The monoisotopic (exact) mass is 101 g/mol. The Morgan fingerprint density at radius 2 is 1.00 bits per heavy atom. The minimum absolute atomic E-state index is 0. The van der Waals surface area contributed by atoms with Crippen molar-refractivity contribution in [2.24, 2.45) is 0 Å². The van der Waals surface area contributed by atoms with Gasteiger partial charge in [0.05, 0.1) is 0 Å². The zero-order valence-corrected chi connectivity index (χ0v) is 3.32. The molecular formula is H3CoLiO2. The second-order valence-corrected chi connectivity index (χ2v) is 0. The summed E-state index contributed by atoms with van der Waals surface area (Å²) in [6, 6.07) is 0. The maximum absolute atomic E-state index is 0. The van der Waals surface area contributed by atoms with Crippen LogP contribution in [0.5, 0.6) is 0 Å². The second kappa shape index (κ2) is 35.1. The van der Waals surface area contributed by atoms with Crippen LogP contribution in [0.2, 0.25) is 0 Å². The second-order valence-electron chi connectivity index (χ2n) is 0. The van der Waals surface area contributed by atoms with E-state index in [4.69, 9.17) is 0 Å². The van der Waals surface area contributed by atoms with Crippen LogP contribution >= 0.6 is 0 Å². The molecule has 0 aliphatic rings. The molecule has 0 aromatic heterocycles. The molecule has 0 aliphatic carbocycles. The van der Waals surface area contributed by atoms with E-state index in [0.29, 0.717) is 0 Å². The average molecular weight is 101 g/mol. The first-order valence-electron chi connectivity index (χ1n) is 0. The van der Waals surface area contributed by atoms with E-state index >= 15 is 0 Å². The largest absolute Gasteiger partial charge is 1.00 e. The van der Waals surface area contributed by atoms with Crippen LogP contribution in [0, 0.1) is 0 Å². The maximum atomic E-state index is 0. The van der Waals surface area contributed by atoms with E-state index in [-0.39, 0.29) is 46.6 Å². The molecule has 25 valence electrons. The molecule has 0 aliphatic heterocycles. The first kappa shape index (κ1) is 77.6. The Hall–Kier alpha value is 1.02. The predicted octanol–water partition coefficient (Wildman–Crippen LogP) is -4.00. The average Bonchev–Trinajstić information content (AvgIpc) is 0. The van der Waals surface area contributed by atoms with Gasteiger partial charge in [-0.3, -0.25) is 0 Å². The van der Waals surface area contributed by atoms with E-state index in [1.807, 2.05) is 0 Å². The smallest absolute Gasteiger partial charge is 0.870 e. The third-order valence-corrected chi connectivity index (χ3v) is 0. The summed E-state index contributed by atoms with van der Waals surface area (Å²) in [5, 5.41) is 0. The minimum Gasteiger partial charge on any atom is -0.870 e. The normalized spacial score (nSPS) is 0. The van der Waals surface area contributed by atoms with Crippen LogP contribution in [0.15, 0.2) is 0 Å². The van der Waals surface area contributed by atoms with E-state index in [2.05, 4.69) is 0 Å². The molecule has 0 saturated heterocycles. The predicted molar refractivity (Wildman–Crippen MR) is 5.55 cm³/mol. The van der Waals surface area contributed by atoms with Gasteiger partial charge in [-0.05, 0) is 0 Å².